The van der Waals surface area contributed by atoms with Crippen LogP contribution in [0, 0.1) is 12.7 Å². The van der Waals surface area contributed by atoms with E-state index in [0.29, 0.717) is 28.8 Å². The molecule has 0 aliphatic heterocycles. The van der Waals surface area contributed by atoms with Gasteiger partial charge in [-0.2, -0.15) is 4.98 Å². The Balaban J connectivity index is 1.53. The van der Waals surface area contributed by atoms with Crippen LogP contribution in [0.4, 0.5) is 4.39 Å². The van der Waals surface area contributed by atoms with Crippen LogP contribution in [0.25, 0.3) is 33.9 Å². The lowest BCUT2D eigenvalue weighted by atomic mass is 10.1. The van der Waals surface area contributed by atoms with Crippen molar-refractivity contribution in [3.05, 3.63) is 86.7 Å². The number of amides is 1. The normalized spacial score (nSPS) is 11.1. The zero-order valence-corrected chi connectivity index (χ0v) is 18.8. The summed E-state index contributed by atoms with van der Waals surface area (Å²) in [7, 11) is 0. The van der Waals surface area contributed by atoms with Gasteiger partial charge in [-0.1, -0.05) is 23.4 Å². The average molecular weight is 476 g/mol. The van der Waals surface area contributed by atoms with Crippen LogP contribution in [0.1, 0.15) is 10.6 Å². The second-order valence-corrected chi connectivity index (χ2v) is 8.65. The predicted octanol–water partition coefficient (Wildman–Crippen LogP) is 3.94. The molecule has 8 nitrogen and oxygen atoms in total. The summed E-state index contributed by atoms with van der Waals surface area (Å²) in [6, 6.07) is 13.0. The standard InChI is InChI=1S/C24H18FN5O3S/c1-14-7-8-18-21(32)19(24-28-22(29-33-24)15-4-2-5-16(25)10-15)12-30(23(18)27-14)13-20(31)26-11-17-6-3-9-34-17/h2-10,12H,11,13H2,1H3,(H,26,31). The highest BCUT2D eigenvalue weighted by Crippen LogP contribution is 2.23. The summed E-state index contributed by atoms with van der Waals surface area (Å²) in [6.07, 6.45) is 1.49. The molecule has 4 heterocycles. The Morgan fingerprint density at radius 1 is 1.18 bits per heavy atom. The molecule has 5 aromatic rings. The van der Waals surface area contributed by atoms with Gasteiger partial charge in [-0.25, -0.2) is 9.37 Å². The van der Waals surface area contributed by atoms with Gasteiger partial charge in [0.15, 0.2) is 0 Å². The molecule has 10 heteroatoms. The summed E-state index contributed by atoms with van der Waals surface area (Å²) in [5.41, 5.74) is 1.27. The molecule has 1 aromatic carbocycles. The van der Waals surface area contributed by atoms with Crippen molar-refractivity contribution in [2.24, 2.45) is 0 Å². The van der Waals surface area contributed by atoms with Crippen LogP contribution in [-0.2, 0) is 17.9 Å². The highest BCUT2D eigenvalue weighted by Gasteiger charge is 2.19. The van der Waals surface area contributed by atoms with Crippen LogP contribution in [0.2, 0.25) is 0 Å². The van der Waals surface area contributed by atoms with E-state index >= 15 is 0 Å². The Labute approximate surface area is 196 Å². The van der Waals surface area contributed by atoms with Gasteiger partial charge in [0, 0.05) is 22.3 Å². The van der Waals surface area contributed by atoms with Crippen molar-refractivity contribution in [2.45, 2.75) is 20.0 Å². The van der Waals surface area contributed by atoms with Gasteiger partial charge in [0.1, 0.15) is 23.6 Å². The fourth-order valence-corrected chi connectivity index (χ4v) is 4.16. The molecule has 0 spiro atoms. The number of aromatic nitrogens is 4. The van der Waals surface area contributed by atoms with Crippen LogP contribution in [0.5, 0.6) is 0 Å². The predicted molar refractivity (Wildman–Crippen MR) is 126 cm³/mol. The number of nitrogens with one attached hydrogen (secondary N) is 1. The molecule has 1 amide bonds. The molecule has 4 aromatic heterocycles. The van der Waals surface area contributed by atoms with Crippen molar-refractivity contribution in [1.82, 2.24) is 25.0 Å². The first-order valence-corrected chi connectivity index (χ1v) is 11.3. The Morgan fingerprint density at radius 2 is 2.06 bits per heavy atom. The molecular weight excluding hydrogens is 457 g/mol. The van der Waals surface area contributed by atoms with E-state index in [4.69, 9.17) is 4.52 Å². The lowest BCUT2D eigenvalue weighted by molar-refractivity contribution is -0.121. The third kappa shape index (κ3) is 4.35. The summed E-state index contributed by atoms with van der Waals surface area (Å²) in [5, 5.41) is 9.03. The molecule has 5 rings (SSSR count). The zero-order chi connectivity index (χ0) is 23.7. The SMILES string of the molecule is Cc1ccc2c(=O)c(-c3nc(-c4cccc(F)c4)no3)cn(CC(=O)NCc3cccs3)c2n1. The maximum atomic E-state index is 13.6. The van der Waals surface area contributed by atoms with E-state index in [0.717, 1.165) is 4.88 Å². The van der Waals surface area contributed by atoms with Gasteiger partial charge in [0.2, 0.25) is 17.2 Å². The van der Waals surface area contributed by atoms with Crippen LogP contribution in [0.3, 0.4) is 0 Å². The minimum atomic E-state index is -0.438. The lowest BCUT2D eigenvalue weighted by Gasteiger charge is -2.12. The zero-order valence-electron chi connectivity index (χ0n) is 18.0. The summed E-state index contributed by atoms with van der Waals surface area (Å²) >= 11 is 1.55. The summed E-state index contributed by atoms with van der Waals surface area (Å²) in [4.78, 5) is 35.7. The largest absolute Gasteiger partial charge is 0.350 e. The van der Waals surface area contributed by atoms with Crippen LogP contribution in [0.15, 0.2) is 69.4 Å². The monoisotopic (exact) mass is 475 g/mol. The highest BCUT2D eigenvalue weighted by molar-refractivity contribution is 7.09. The molecule has 0 aliphatic rings. The molecule has 0 atom stereocenters. The quantitative estimate of drug-likeness (QED) is 0.399. The summed E-state index contributed by atoms with van der Waals surface area (Å²) < 4.78 is 20.5. The van der Waals surface area contributed by atoms with Gasteiger partial charge in [0.25, 0.3) is 5.89 Å². The first kappa shape index (κ1) is 21.7. The topological polar surface area (TPSA) is 103 Å². The second-order valence-electron chi connectivity index (χ2n) is 7.61. The van der Waals surface area contributed by atoms with E-state index in [1.807, 2.05) is 24.4 Å². The van der Waals surface area contributed by atoms with Crippen LogP contribution >= 0.6 is 11.3 Å². The van der Waals surface area contributed by atoms with Crippen molar-refractivity contribution in [3.63, 3.8) is 0 Å². The Hall–Kier alpha value is -4.18. The molecule has 170 valence electrons. The summed E-state index contributed by atoms with van der Waals surface area (Å²) in [5.74, 6) is -0.554. The first-order chi connectivity index (χ1) is 16.5. The fourth-order valence-electron chi connectivity index (χ4n) is 3.52. The van der Waals surface area contributed by atoms with Crippen LogP contribution < -0.4 is 10.7 Å². The minimum absolute atomic E-state index is 0.0283. The van der Waals surface area contributed by atoms with Crippen molar-refractivity contribution >= 4 is 28.3 Å². The van der Waals surface area contributed by atoms with Gasteiger partial charge in [0.05, 0.1) is 11.9 Å². The van der Waals surface area contributed by atoms with Crippen molar-refractivity contribution in [1.29, 1.82) is 0 Å². The fraction of sp³-hybridized carbons (Fsp3) is 0.125. The maximum absolute atomic E-state index is 13.6. The number of pyridine rings is 2. The van der Waals surface area contributed by atoms with E-state index in [-0.39, 0.29) is 35.2 Å². The molecule has 34 heavy (non-hydrogen) atoms. The number of thiophene rings is 1. The molecule has 0 bridgehead atoms. The Morgan fingerprint density at radius 3 is 2.85 bits per heavy atom. The van der Waals surface area contributed by atoms with E-state index in [1.54, 1.807) is 34.1 Å². The minimum Gasteiger partial charge on any atom is -0.350 e. The third-order valence-electron chi connectivity index (χ3n) is 5.15. The number of benzene rings is 1. The van der Waals surface area contributed by atoms with Crippen molar-refractivity contribution < 1.29 is 13.7 Å². The van der Waals surface area contributed by atoms with E-state index in [2.05, 4.69) is 20.4 Å². The molecule has 0 radical (unpaired) electrons. The number of halogens is 1. The van der Waals surface area contributed by atoms with E-state index in [9.17, 15) is 14.0 Å². The number of nitrogens with zero attached hydrogens (tertiary/aromatic N) is 4. The molecule has 0 fully saturated rings. The second kappa shape index (κ2) is 8.99. The van der Waals surface area contributed by atoms with Crippen molar-refractivity contribution in [2.75, 3.05) is 0 Å². The lowest BCUT2D eigenvalue weighted by Crippen LogP contribution is -2.28. The van der Waals surface area contributed by atoms with Gasteiger partial charge >= 0.3 is 0 Å². The number of carbonyl (C=O) groups is 1. The Kier molecular flexibility index (Phi) is 5.72. The number of rotatable bonds is 6. The van der Waals surface area contributed by atoms with Gasteiger partial charge in [-0.15, -0.1) is 11.3 Å². The smallest absolute Gasteiger partial charge is 0.263 e. The first-order valence-electron chi connectivity index (χ1n) is 10.4. The number of hydrogen-bond acceptors (Lipinski definition) is 7. The summed E-state index contributed by atoms with van der Waals surface area (Å²) in [6.45, 7) is 2.16. The number of hydrogen-bond donors (Lipinski definition) is 1. The molecule has 0 aliphatic carbocycles. The molecular formula is C24H18FN5O3S. The third-order valence-corrected chi connectivity index (χ3v) is 6.03. The molecule has 0 unspecified atom stereocenters. The van der Waals surface area contributed by atoms with Gasteiger partial charge in [-0.05, 0) is 42.6 Å². The molecule has 0 saturated carbocycles. The van der Waals surface area contributed by atoms with Crippen molar-refractivity contribution in [3.8, 4) is 22.8 Å². The Bertz CT molecular complexity index is 1560. The van der Waals surface area contributed by atoms with Gasteiger partial charge < -0.3 is 14.4 Å². The highest BCUT2D eigenvalue weighted by atomic mass is 32.1. The molecule has 0 saturated heterocycles. The van der Waals surface area contributed by atoms with Crippen LogP contribution in [-0.4, -0.2) is 25.6 Å². The average Bonchev–Trinajstić information content (AvgIpc) is 3.52. The maximum Gasteiger partial charge on any atom is 0.263 e. The van der Waals surface area contributed by atoms with E-state index < -0.39 is 5.82 Å². The van der Waals surface area contributed by atoms with Gasteiger partial charge in [-0.3, -0.25) is 9.59 Å². The number of carbonyl (C=O) groups excluding carboxylic acids is 1. The van der Waals surface area contributed by atoms with E-state index in [1.165, 1.54) is 24.4 Å². The molecule has 1 N–H and O–H groups in total. The number of aryl methyl sites for hydroxylation is 1. The number of fused-ring (bicyclic) bond motifs is 1.